The van der Waals surface area contributed by atoms with E-state index in [-0.39, 0.29) is 0 Å². The van der Waals surface area contributed by atoms with E-state index in [9.17, 15) is 8.42 Å². The molecule has 0 aliphatic heterocycles. The summed E-state index contributed by atoms with van der Waals surface area (Å²) < 4.78 is 25.4. The number of nitrogens with one attached hydrogen (secondary N) is 2. The summed E-state index contributed by atoms with van der Waals surface area (Å²) >= 11 is 0. The van der Waals surface area contributed by atoms with E-state index in [0.29, 0.717) is 5.69 Å². The highest BCUT2D eigenvalue weighted by Gasteiger charge is 2.12. The Balaban J connectivity index is 1.68. The van der Waals surface area contributed by atoms with Gasteiger partial charge in [0.05, 0.1) is 23.0 Å². The fraction of sp³-hybridized carbons (Fsp3) is 0.0435. The van der Waals surface area contributed by atoms with Gasteiger partial charge in [-0.1, -0.05) is 24.3 Å². The van der Waals surface area contributed by atoms with Gasteiger partial charge in [0.2, 0.25) is 10.0 Å². The maximum absolute atomic E-state index is 11.4. The van der Waals surface area contributed by atoms with Crippen molar-refractivity contribution in [2.75, 3.05) is 16.3 Å². The van der Waals surface area contributed by atoms with Crippen molar-refractivity contribution in [1.29, 1.82) is 0 Å². The highest BCUT2D eigenvalue weighted by Crippen LogP contribution is 2.36. The lowest BCUT2D eigenvalue weighted by molar-refractivity contribution is 0.607. The van der Waals surface area contributed by atoms with Crippen LogP contribution in [0.2, 0.25) is 0 Å². The molecule has 0 radical (unpaired) electrons. The van der Waals surface area contributed by atoms with Crippen LogP contribution in [-0.2, 0) is 10.0 Å². The minimum absolute atomic E-state index is 0.519. The Morgan fingerprint density at radius 3 is 2.37 bits per heavy atom. The second kappa shape index (κ2) is 6.96. The van der Waals surface area contributed by atoms with E-state index in [4.69, 9.17) is 4.98 Å². The Morgan fingerprint density at radius 2 is 1.57 bits per heavy atom. The van der Waals surface area contributed by atoms with E-state index < -0.39 is 10.0 Å². The van der Waals surface area contributed by atoms with Crippen molar-refractivity contribution < 1.29 is 8.42 Å². The van der Waals surface area contributed by atoms with Crippen LogP contribution >= 0.6 is 0 Å². The third-order valence-electron chi connectivity index (χ3n) is 4.92. The fourth-order valence-electron chi connectivity index (χ4n) is 3.64. The van der Waals surface area contributed by atoms with Crippen LogP contribution in [-0.4, -0.2) is 24.6 Å². The number of hydrogen-bond donors (Lipinski definition) is 2. The second-order valence-corrected chi connectivity index (χ2v) is 8.89. The van der Waals surface area contributed by atoms with E-state index >= 15 is 0 Å². The molecule has 2 aromatic heterocycles. The molecule has 0 spiro atoms. The molecule has 0 atom stereocenters. The molecule has 0 saturated carbocycles. The zero-order chi connectivity index (χ0) is 20.7. The van der Waals surface area contributed by atoms with Crippen LogP contribution in [0, 0.1) is 0 Å². The van der Waals surface area contributed by atoms with Crippen LogP contribution < -0.4 is 10.0 Å². The normalized spacial score (nSPS) is 11.8. The van der Waals surface area contributed by atoms with Gasteiger partial charge < -0.3 is 5.32 Å². The number of rotatable bonds is 4. The van der Waals surface area contributed by atoms with Gasteiger partial charge in [0.25, 0.3) is 0 Å². The van der Waals surface area contributed by atoms with Crippen molar-refractivity contribution in [3.05, 3.63) is 79.1 Å². The van der Waals surface area contributed by atoms with Gasteiger partial charge >= 0.3 is 0 Å². The molecule has 0 saturated heterocycles. The molecule has 5 rings (SSSR count). The van der Waals surface area contributed by atoms with Crippen molar-refractivity contribution in [3.8, 4) is 0 Å². The van der Waals surface area contributed by atoms with Gasteiger partial charge in [-0.15, -0.1) is 0 Å². The molecule has 0 bridgehead atoms. The van der Waals surface area contributed by atoms with Crippen LogP contribution in [0.15, 0.2) is 79.1 Å². The van der Waals surface area contributed by atoms with Crippen LogP contribution in [0.4, 0.5) is 17.1 Å². The molecule has 0 aliphatic rings. The smallest absolute Gasteiger partial charge is 0.229 e. The molecule has 3 aromatic carbocycles. The quantitative estimate of drug-likeness (QED) is 0.318. The summed E-state index contributed by atoms with van der Waals surface area (Å²) in [6, 6.07) is 21.3. The lowest BCUT2D eigenvalue weighted by Crippen LogP contribution is -2.09. The third kappa shape index (κ3) is 3.40. The van der Waals surface area contributed by atoms with Crippen molar-refractivity contribution in [3.63, 3.8) is 0 Å². The number of pyridine rings is 2. The van der Waals surface area contributed by atoms with Crippen LogP contribution in [0.25, 0.3) is 32.6 Å². The average Bonchev–Trinajstić information content (AvgIpc) is 2.74. The highest BCUT2D eigenvalue weighted by molar-refractivity contribution is 7.92. The van der Waals surface area contributed by atoms with Crippen molar-refractivity contribution in [2.24, 2.45) is 0 Å². The third-order valence-corrected chi connectivity index (χ3v) is 5.53. The van der Waals surface area contributed by atoms with Gasteiger partial charge in [0.15, 0.2) is 0 Å². The molecule has 2 N–H and O–H groups in total. The van der Waals surface area contributed by atoms with E-state index in [1.165, 1.54) is 0 Å². The zero-order valence-electron chi connectivity index (χ0n) is 16.1. The number of hydrogen-bond acceptors (Lipinski definition) is 5. The molecule has 7 heteroatoms. The summed E-state index contributed by atoms with van der Waals surface area (Å²) in [4.78, 5) is 9.13. The lowest BCUT2D eigenvalue weighted by atomic mass is 10.0. The fourth-order valence-corrected chi connectivity index (χ4v) is 4.20. The number of fused-ring (bicyclic) bond motifs is 4. The molecule has 0 fully saturated rings. The topological polar surface area (TPSA) is 84.0 Å². The predicted octanol–water partition coefficient (Wildman–Crippen LogP) is 5.05. The van der Waals surface area contributed by atoms with Crippen LogP contribution in [0.5, 0.6) is 0 Å². The summed E-state index contributed by atoms with van der Waals surface area (Å²) in [5, 5.41) is 7.61. The molecule has 5 aromatic rings. The molecule has 6 nitrogen and oxygen atoms in total. The average molecular weight is 414 g/mol. The Kier molecular flexibility index (Phi) is 4.25. The summed E-state index contributed by atoms with van der Waals surface area (Å²) in [6.45, 7) is 0. The first-order valence-electron chi connectivity index (χ1n) is 9.38. The van der Waals surface area contributed by atoms with Gasteiger partial charge in [-0.3, -0.25) is 9.71 Å². The van der Waals surface area contributed by atoms with Gasteiger partial charge in [-0.05, 0) is 42.5 Å². The lowest BCUT2D eigenvalue weighted by Gasteiger charge is -2.15. The monoisotopic (exact) mass is 414 g/mol. The Hall–Kier alpha value is -3.71. The number of para-hydroxylation sites is 1. The molecular weight excluding hydrogens is 396 g/mol. The summed E-state index contributed by atoms with van der Waals surface area (Å²) in [5.41, 5.74) is 4.13. The Bertz CT molecular complexity index is 1510. The summed E-state index contributed by atoms with van der Waals surface area (Å²) in [5.74, 6) is 0. The first kappa shape index (κ1) is 18.3. The standard InChI is InChI=1S/C23H18N4O2S/c1-30(28,29)27-17-9-7-16(8-10-17)25-23-19-4-2-3-5-21(19)26-22-18-12-13-24-14-15(18)6-11-20(22)23/h2-14,27H,1H3,(H,25,26). The van der Waals surface area contributed by atoms with E-state index in [2.05, 4.69) is 21.1 Å². The maximum Gasteiger partial charge on any atom is 0.229 e. The van der Waals surface area contributed by atoms with Crippen LogP contribution in [0.3, 0.4) is 0 Å². The molecule has 148 valence electrons. The Morgan fingerprint density at radius 1 is 0.800 bits per heavy atom. The summed E-state index contributed by atoms with van der Waals surface area (Å²) in [6.07, 6.45) is 4.75. The van der Waals surface area contributed by atoms with Gasteiger partial charge in [-0.2, -0.15) is 0 Å². The van der Waals surface area contributed by atoms with Crippen molar-refractivity contribution in [1.82, 2.24) is 9.97 Å². The molecule has 0 unspecified atom stereocenters. The first-order chi connectivity index (χ1) is 14.5. The number of anilines is 3. The second-order valence-electron chi connectivity index (χ2n) is 7.14. The Labute approximate surface area is 173 Å². The highest BCUT2D eigenvalue weighted by atomic mass is 32.2. The zero-order valence-corrected chi connectivity index (χ0v) is 16.9. The van der Waals surface area contributed by atoms with Crippen LogP contribution in [0.1, 0.15) is 0 Å². The SMILES string of the molecule is CS(=O)(=O)Nc1ccc(Nc2c3ccccc3nc3c2ccc2cnccc23)cc1. The van der Waals surface area contributed by atoms with Gasteiger partial charge in [-0.25, -0.2) is 13.4 Å². The largest absolute Gasteiger partial charge is 0.354 e. The predicted molar refractivity (Wildman–Crippen MR) is 123 cm³/mol. The number of aromatic nitrogens is 2. The molecule has 30 heavy (non-hydrogen) atoms. The number of nitrogens with zero attached hydrogens (tertiary/aromatic N) is 2. The van der Waals surface area contributed by atoms with E-state index in [0.717, 1.165) is 50.2 Å². The molecular formula is C23H18N4O2S. The molecule has 0 aliphatic carbocycles. The van der Waals surface area contributed by atoms with Gasteiger partial charge in [0, 0.05) is 45.3 Å². The molecule has 0 amide bonds. The minimum Gasteiger partial charge on any atom is -0.354 e. The van der Waals surface area contributed by atoms with E-state index in [1.807, 2.05) is 54.7 Å². The maximum atomic E-state index is 11.4. The number of benzene rings is 3. The number of sulfonamides is 1. The summed E-state index contributed by atoms with van der Waals surface area (Å²) in [7, 11) is -3.31. The molecule has 2 heterocycles. The first-order valence-corrected chi connectivity index (χ1v) is 11.3. The minimum atomic E-state index is -3.31. The van der Waals surface area contributed by atoms with Gasteiger partial charge in [0.1, 0.15) is 0 Å². The van der Waals surface area contributed by atoms with E-state index in [1.54, 1.807) is 18.3 Å². The van der Waals surface area contributed by atoms with Crippen molar-refractivity contribution in [2.45, 2.75) is 0 Å². The van der Waals surface area contributed by atoms with Crippen molar-refractivity contribution >= 4 is 59.7 Å².